The summed E-state index contributed by atoms with van der Waals surface area (Å²) in [6.45, 7) is 5.53. The Balaban J connectivity index is 2.24. The maximum atomic E-state index is 3.63. The number of para-hydroxylation sites is 1. The first-order valence-corrected chi connectivity index (χ1v) is 6.34. The molecule has 2 rings (SSSR count). The smallest absolute Gasteiger partial charge is 0.0514 e. The van der Waals surface area contributed by atoms with Crippen LogP contribution in [0.3, 0.4) is 0 Å². The van der Waals surface area contributed by atoms with Gasteiger partial charge in [0.1, 0.15) is 0 Å². The third-order valence-electron chi connectivity index (χ3n) is 2.98. The lowest BCUT2D eigenvalue weighted by Crippen LogP contribution is -2.51. The van der Waals surface area contributed by atoms with E-state index >= 15 is 0 Å². The number of rotatable bonds is 2. The van der Waals surface area contributed by atoms with E-state index in [2.05, 4.69) is 57.3 Å². The fraction of sp³-hybridized carbons (Fsp3) is 0.500. The highest BCUT2D eigenvalue weighted by Crippen LogP contribution is 2.28. The van der Waals surface area contributed by atoms with Crippen LogP contribution >= 0.6 is 15.9 Å². The number of benzene rings is 1. The van der Waals surface area contributed by atoms with Gasteiger partial charge in [0, 0.05) is 30.1 Å². The van der Waals surface area contributed by atoms with Crippen LogP contribution in [0, 0.1) is 0 Å². The van der Waals surface area contributed by atoms with Crippen LogP contribution < -0.4 is 10.2 Å². The van der Waals surface area contributed by atoms with Gasteiger partial charge in [-0.1, -0.05) is 19.1 Å². The molecule has 1 saturated heterocycles. The van der Waals surface area contributed by atoms with Gasteiger partial charge in [-0.3, -0.25) is 0 Å². The summed E-state index contributed by atoms with van der Waals surface area (Å²) in [5, 5.41) is 3.45. The van der Waals surface area contributed by atoms with Gasteiger partial charge in [-0.05, 0) is 34.5 Å². The van der Waals surface area contributed by atoms with E-state index in [1.807, 2.05) is 0 Å². The van der Waals surface area contributed by atoms with Crippen molar-refractivity contribution < 1.29 is 0 Å². The SMILES string of the molecule is CCC1CNCCN1c1ccccc1Br. The summed E-state index contributed by atoms with van der Waals surface area (Å²) in [6, 6.07) is 9.10. The third kappa shape index (κ3) is 2.34. The number of piperazine rings is 1. The van der Waals surface area contributed by atoms with Crippen LogP contribution in [0.5, 0.6) is 0 Å². The van der Waals surface area contributed by atoms with E-state index in [4.69, 9.17) is 0 Å². The lowest BCUT2D eigenvalue weighted by Gasteiger charge is -2.38. The van der Waals surface area contributed by atoms with Gasteiger partial charge >= 0.3 is 0 Å². The van der Waals surface area contributed by atoms with Gasteiger partial charge < -0.3 is 10.2 Å². The molecule has 1 aliphatic rings. The first kappa shape index (κ1) is 11.0. The summed E-state index contributed by atoms with van der Waals surface area (Å²) >= 11 is 3.63. The van der Waals surface area contributed by atoms with E-state index in [9.17, 15) is 0 Å². The van der Waals surface area contributed by atoms with Gasteiger partial charge in [0.2, 0.25) is 0 Å². The van der Waals surface area contributed by atoms with Crippen LogP contribution in [0.4, 0.5) is 5.69 Å². The maximum absolute atomic E-state index is 3.63. The Bertz CT molecular complexity index is 327. The number of nitrogens with one attached hydrogen (secondary N) is 1. The topological polar surface area (TPSA) is 15.3 Å². The standard InChI is InChI=1S/C12H17BrN2/c1-2-10-9-14-7-8-15(10)12-6-4-3-5-11(12)13/h3-6,10,14H,2,7-9H2,1H3. The molecular weight excluding hydrogens is 252 g/mol. The second-order valence-corrected chi connectivity index (χ2v) is 4.77. The molecular formula is C12H17BrN2. The summed E-state index contributed by atoms with van der Waals surface area (Å²) in [4.78, 5) is 2.50. The highest BCUT2D eigenvalue weighted by atomic mass is 79.9. The van der Waals surface area contributed by atoms with E-state index in [1.54, 1.807) is 0 Å². The Morgan fingerprint density at radius 1 is 1.47 bits per heavy atom. The second-order valence-electron chi connectivity index (χ2n) is 3.91. The largest absolute Gasteiger partial charge is 0.365 e. The van der Waals surface area contributed by atoms with Gasteiger partial charge in [0.05, 0.1) is 5.69 Å². The average molecular weight is 269 g/mol. The van der Waals surface area contributed by atoms with Gasteiger partial charge in [-0.25, -0.2) is 0 Å². The van der Waals surface area contributed by atoms with Crippen molar-refractivity contribution in [1.82, 2.24) is 5.32 Å². The zero-order valence-corrected chi connectivity index (χ0v) is 10.6. The van der Waals surface area contributed by atoms with Crippen LogP contribution in [0.1, 0.15) is 13.3 Å². The molecule has 1 atom stereocenters. The van der Waals surface area contributed by atoms with Crippen molar-refractivity contribution in [3.63, 3.8) is 0 Å². The zero-order chi connectivity index (χ0) is 10.7. The Labute approximate surface area is 99.8 Å². The van der Waals surface area contributed by atoms with Crippen LogP contribution in [0.2, 0.25) is 0 Å². The van der Waals surface area contributed by atoms with E-state index in [1.165, 1.54) is 16.6 Å². The highest BCUT2D eigenvalue weighted by Gasteiger charge is 2.21. The molecule has 15 heavy (non-hydrogen) atoms. The van der Waals surface area contributed by atoms with Gasteiger partial charge in [0.15, 0.2) is 0 Å². The second kappa shape index (κ2) is 4.99. The molecule has 1 aromatic carbocycles. The molecule has 3 heteroatoms. The molecule has 0 amide bonds. The van der Waals surface area contributed by atoms with Crippen molar-refractivity contribution in [2.24, 2.45) is 0 Å². The minimum absolute atomic E-state index is 0.623. The Kier molecular flexibility index (Phi) is 3.65. The number of hydrogen-bond donors (Lipinski definition) is 1. The molecule has 1 N–H and O–H groups in total. The van der Waals surface area contributed by atoms with Crippen LogP contribution in [0.15, 0.2) is 28.7 Å². The fourth-order valence-corrected chi connectivity index (χ4v) is 2.64. The first-order chi connectivity index (χ1) is 7.33. The monoisotopic (exact) mass is 268 g/mol. The molecule has 82 valence electrons. The molecule has 1 aromatic rings. The minimum atomic E-state index is 0.623. The van der Waals surface area contributed by atoms with Crippen molar-refractivity contribution >= 4 is 21.6 Å². The van der Waals surface area contributed by atoms with Crippen molar-refractivity contribution in [2.45, 2.75) is 19.4 Å². The van der Waals surface area contributed by atoms with Gasteiger partial charge in [-0.2, -0.15) is 0 Å². The van der Waals surface area contributed by atoms with E-state index in [-0.39, 0.29) is 0 Å². The Hall–Kier alpha value is -0.540. The van der Waals surface area contributed by atoms with Crippen LogP contribution in [0.25, 0.3) is 0 Å². The van der Waals surface area contributed by atoms with E-state index < -0.39 is 0 Å². The van der Waals surface area contributed by atoms with Crippen LogP contribution in [-0.4, -0.2) is 25.7 Å². The van der Waals surface area contributed by atoms with Crippen molar-refractivity contribution in [3.05, 3.63) is 28.7 Å². The lowest BCUT2D eigenvalue weighted by molar-refractivity contribution is 0.466. The van der Waals surface area contributed by atoms with Crippen molar-refractivity contribution in [3.8, 4) is 0 Å². The normalized spacial score (nSPS) is 21.7. The predicted octanol–water partition coefficient (Wildman–Crippen LogP) is 2.64. The van der Waals surface area contributed by atoms with E-state index in [0.717, 1.165) is 19.6 Å². The molecule has 1 unspecified atom stereocenters. The summed E-state index contributed by atoms with van der Waals surface area (Å²) in [6.07, 6.45) is 1.19. The molecule has 0 saturated carbocycles. The molecule has 0 aromatic heterocycles. The Morgan fingerprint density at radius 3 is 3.00 bits per heavy atom. The minimum Gasteiger partial charge on any atom is -0.365 e. The fourth-order valence-electron chi connectivity index (χ4n) is 2.13. The number of anilines is 1. The number of hydrogen-bond acceptors (Lipinski definition) is 2. The zero-order valence-electron chi connectivity index (χ0n) is 9.04. The molecule has 1 heterocycles. The highest BCUT2D eigenvalue weighted by molar-refractivity contribution is 9.10. The molecule has 0 radical (unpaired) electrons. The quantitative estimate of drug-likeness (QED) is 0.888. The lowest BCUT2D eigenvalue weighted by atomic mass is 10.1. The first-order valence-electron chi connectivity index (χ1n) is 5.55. The summed E-state index contributed by atoms with van der Waals surface area (Å²) < 4.78 is 1.20. The maximum Gasteiger partial charge on any atom is 0.0514 e. The average Bonchev–Trinajstić information content (AvgIpc) is 2.30. The number of nitrogens with zero attached hydrogens (tertiary/aromatic N) is 1. The molecule has 2 nitrogen and oxygen atoms in total. The predicted molar refractivity (Wildman–Crippen MR) is 68.4 cm³/mol. The third-order valence-corrected chi connectivity index (χ3v) is 3.65. The van der Waals surface area contributed by atoms with E-state index in [0.29, 0.717) is 6.04 Å². The van der Waals surface area contributed by atoms with Crippen LogP contribution in [-0.2, 0) is 0 Å². The molecule has 0 bridgehead atoms. The molecule has 1 fully saturated rings. The Morgan fingerprint density at radius 2 is 2.27 bits per heavy atom. The van der Waals surface area contributed by atoms with Gasteiger partial charge in [-0.15, -0.1) is 0 Å². The molecule has 0 aliphatic carbocycles. The van der Waals surface area contributed by atoms with Crippen molar-refractivity contribution in [2.75, 3.05) is 24.5 Å². The summed E-state index contributed by atoms with van der Waals surface area (Å²) in [7, 11) is 0. The summed E-state index contributed by atoms with van der Waals surface area (Å²) in [5.74, 6) is 0. The molecule has 1 aliphatic heterocycles. The van der Waals surface area contributed by atoms with Gasteiger partial charge in [0.25, 0.3) is 0 Å². The molecule has 0 spiro atoms. The summed E-state index contributed by atoms with van der Waals surface area (Å²) in [5.41, 5.74) is 1.32. The number of halogens is 1. The van der Waals surface area contributed by atoms with Crippen molar-refractivity contribution in [1.29, 1.82) is 0 Å².